The van der Waals surface area contributed by atoms with Gasteiger partial charge < -0.3 is 9.47 Å². The van der Waals surface area contributed by atoms with Crippen molar-refractivity contribution in [2.45, 2.75) is 0 Å². The SMILES string of the molecule is c1ccc(OC2=NCCO2)nc1. The Bertz CT molecular complexity index is 284. The summed E-state index contributed by atoms with van der Waals surface area (Å²) in [4.78, 5) is 7.92. The van der Waals surface area contributed by atoms with Crippen LogP contribution in [0.1, 0.15) is 0 Å². The number of aliphatic imine (C=N–C) groups is 1. The average molecular weight is 164 g/mol. The molecule has 1 aromatic heterocycles. The zero-order valence-electron chi connectivity index (χ0n) is 6.43. The molecule has 0 saturated heterocycles. The first-order chi connectivity index (χ1) is 5.95. The Kier molecular flexibility index (Phi) is 1.90. The van der Waals surface area contributed by atoms with Crippen molar-refractivity contribution in [3.63, 3.8) is 0 Å². The minimum absolute atomic E-state index is 0.314. The third kappa shape index (κ3) is 1.53. The van der Waals surface area contributed by atoms with Crippen LogP contribution in [0.5, 0.6) is 5.88 Å². The maximum absolute atomic E-state index is 5.19. The fraction of sp³-hybridized carbons (Fsp3) is 0.250. The van der Waals surface area contributed by atoms with E-state index < -0.39 is 0 Å². The highest BCUT2D eigenvalue weighted by Crippen LogP contribution is 2.06. The Morgan fingerprint density at radius 2 is 2.42 bits per heavy atom. The molecule has 0 bridgehead atoms. The summed E-state index contributed by atoms with van der Waals surface area (Å²) in [6, 6.07) is 5.42. The summed E-state index contributed by atoms with van der Waals surface area (Å²) >= 11 is 0. The number of pyridine rings is 1. The Morgan fingerprint density at radius 1 is 1.42 bits per heavy atom. The first kappa shape index (κ1) is 7.09. The summed E-state index contributed by atoms with van der Waals surface area (Å²) in [7, 11) is 0. The van der Waals surface area contributed by atoms with Gasteiger partial charge in [0.1, 0.15) is 6.61 Å². The average Bonchev–Trinajstić information content (AvgIpc) is 2.59. The summed E-state index contributed by atoms with van der Waals surface area (Å²) in [5.74, 6) is 0.512. The van der Waals surface area contributed by atoms with E-state index >= 15 is 0 Å². The zero-order valence-corrected chi connectivity index (χ0v) is 6.43. The van der Waals surface area contributed by atoms with Crippen molar-refractivity contribution >= 4 is 6.08 Å². The van der Waals surface area contributed by atoms with E-state index in [1.165, 1.54) is 0 Å². The van der Waals surface area contributed by atoms with Gasteiger partial charge in [-0.15, -0.1) is 0 Å². The third-order valence-electron chi connectivity index (χ3n) is 1.39. The topological polar surface area (TPSA) is 43.7 Å². The van der Waals surface area contributed by atoms with Crippen molar-refractivity contribution in [3.8, 4) is 5.88 Å². The molecule has 1 aromatic rings. The molecule has 0 spiro atoms. The van der Waals surface area contributed by atoms with Gasteiger partial charge in [0.2, 0.25) is 5.88 Å². The number of hydrogen-bond donors (Lipinski definition) is 0. The smallest absolute Gasteiger partial charge is 0.390 e. The van der Waals surface area contributed by atoms with Gasteiger partial charge >= 0.3 is 6.08 Å². The van der Waals surface area contributed by atoms with E-state index in [0.717, 1.165) is 0 Å². The van der Waals surface area contributed by atoms with Gasteiger partial charge in [0.05, 0.1) is 6.54 Å². The summed E-state index contributed by atoms with van der Waals surface area (Å²) in [5, 5.41) is 0. The maximum atomic E-state index is 5.19. The van der Waals surface area contributed by atoms with Crippen LogP contribution in [0.25, 0.3) is 0 Å². The minimum atomic E-state index is 0.314. The predicted molar refractivity (Wildman–Crippen MR) is 43.1 cm³/mol. The van der Waals surface area contributed by atoms with Crippen molar-refractivity contribution in [1.82, 2.24) is 4.98 Å². The molecule has 12 heavy (non-hydrogen) atoms. The van der Waals surface area contributed by atoms with Gasteiger partial charge in [-0.2, -0.15) is 0 Å². The normalized spacial score (nSPS) is 15.2. The van der Waals surface area contributed by atoms with Gasteiger partial charge in [0.25, 0.3) is 0 Å². The molecular weight excluding hydrogens is 156 g/mol. The molecule has 0 unspecified atom stereocenters. The summed E-state index contributed by atoms with van der Waals surface area (Å²) in [6.07, 6.45) is 1.97. The van der Waals surface area contributed by atoms with Gasteiger partial charge in [0.15, 0.2) is 0 Å². The summed E-state index contributed by atoms with van der Waals surface area (Å²) < 4.78 is 10.2. The van der Waals surface area contributed by atoms with Gasteiger partial charge in [-0.3, -0.25) is 0 Å². The largest absolute Gasteiger partial charge is 0.448 e. The minimum Gasteiger partial charge on any atom is -0.448 e. The number of rotatable bonds is 1. The summed E-state index contributed by atoms with van der Waals surface area (Å²) in [6.45, 7) is 1.27. The molecule has 0 aliphatic carbocycles. The Labute approximate surface area is 69.9 Å². The van der Waals surface area contributed by atoms with E-state index in [9.17, 15) is 0 Å². The second kappa shape index (κ2) is 3.21. The molecule has 0 amide bonds. The summed E-state index contributed by atoms with van der Waals surface area (Å²) in [5.41, 5.74) is 0. The number of hydrogen-bond acceptors (Lipinski definition) is 4. The third-order valence-corrected chi connectivity index (χ3v) is 1.39. The molecule has 0 radical (unpaired) electrons. The number of ether oxygens (including phenoxy) is 2. The van der Waals surface area contributed by atoms with Gasteiger partial charge in [0, 0.05) is 12.3 Å². The first-order valence-electron chi connectivity index (χ1n) is 3.71. The molecule has 0 fully saturated rings. The van der Waals surface area contributed by atoms with Gasteiger partial charge in [-0.1, -0.05) is 6.07 Å². The van der Waals surface area contributed by atoms with E-state index in [2.05, 4.69) is 9.98 Å². The lowest BCUT2D eigenvalue weighted by Gasteiger charge is -2.01. The van der Waals surface area contributed by atoms with Crippen LogP contribution >= 0.6 is 0 Å². The van der Waals surface area contributed by atoms with Crippen LogP contribution < -0.4 is 4.74 Å². The van der Waals surface area contributed by atoms with E-state index in [1.54, 1.807) is 12.3 Å². The van der Waals surface area contributed by atoms with Crippen LogP contribution in [-0.2, 0) is 4.74 Å². The van der Waals surface area contributed by atoms with E-state index in [-0.39, 0.29) is 0 Å². The first-order valence-corrected chi connectivity index (χ1v) is 3.71. The van der Waals surface area contributed by atoms with Crippen molar-refractivity contribution in [2.75, 3.05) is 13.2 Å². The van der Waals surface area contributed by atoms with Crippen molar-refractivity contribution in [1.29, 1.82) is 0 Å². The molecule has 2 heterocycles. The fourth-order valence-electron chi connectivity index (χ4n) is 0.874. The van der Waals surface area contributed by atoms with Gasteiger partial charge in [-0.05, 0) is 6.07 Å². The van der Waals surface area contributed by atoms with E-state index in [0.29, 0.717) is 25.1 Å². The second-order valence-electron chi connectivity index (χ2n) is 2.27. The molecule has 2 rings (SSSR count). The van der Waals surface area contributed by atoms with Crippen LogP contribution in [0.4, 0.5) is 0 Å². The Balaban J connectivity index is 2.04. The highest BCUT2D eigenvalue weighted by atomic mass is 16.7. The predicted octanol–water partition coefficient (Wildman–Crippen LogP) is 0.847. The monoisotopic (exact) mass is 164 g/mol. The number of nitrogens with zero attached hydrogens (tertiary/aromatic N) is 2. The molecule has 0 atom stereocenters. The molecule has 4 nitrogen and oxygen atoms in total. The highest BCUT2D eigenvalue weighted by molar-refractivity contribution is 5.70. The lowest BCUT2D eigenvalue weighted by atomic mass is 10.5. The van der Waals surface area contributed by atoms with Gasteiger partial charge in [-0.25, -0.2) is 9.98 Å². The van der Waals surface area contributed by atoms with Crippen LogP contribution in [0.15, 0.2) is 29.4 Å². The van der Waals surface area contributed by atoms with Crippen molar-refractivity contribution in [3.05, 3.63) is 24.4 Å². The number of aromatic nitrogens is 1. The fourth-order valence-corrected chi connectivity index (χ4v) is 0.874. The van der Waals surface area contributed by atoms with Crippen LogP contribution in [0.3, 0.4) is 0 Å². The van der Waals surface area contributed by atoms with E-state index in [4.69, 9.17) is 9.47 Å². The highest BCUT2D eigenvalue weighted by Gasteiger charge is 2.09. The molecule has 62 valence electrons. The van der Waals surface area contributed by atoms with Crippen LogP contribution in [0.2, 0.25) is 0 Å². The molecular formula is C8H8N2O2. The standard InChI is InChI=1S/C8H8N2O2/c1-2-4-9-7(3-1)12-8-10-5-6-11-8/h1-4H,5-6H2. The molecule has 1 aliphatic rings. The van der Waals surface area contributed by atoms with Crippen LogP contribution in [0, 0.1) is 0 Å². The molecule has 4 heteroatoms. The zero-order chi connectivity index (χ0) is 8.23. The van der Waals surface area contributed by atoms with Crippen LogP contribution in [-0.4, -0.2) is 24.2 Å². The quantitative estimate of drug-likeness (QED) is 0.618. The van der Waals surface area contributed by atoms with E-state index in [1.807, 2.05) is 12.1 Å². The molecule has 0 aromatic carbocycles. The molecule has 1 aliphatic heterocycles. The second-order valence-corrected chi connectivity index (χ2v) is 2.27. The molecule has 0 N–H and O–H groups in total. The Hall–Kier alpha value is -1.58. The molecule has 0 saturated carbocycles. The lowest BCUT2D eigenvalue weighted by molar-refractivity contribution is 0.270. The maximum Gasteiger partial charge on any atom is 0.390 e. The lowest BCUT2D eigenvalue weighted by Crippen LogP contribution is -2.08. The van der Waals surface area contributed by atoms with Crippen molar-refractivity contribution < 1.29 is 9.47 Å². The Morgan fingerprint density at radius 3 is 3.08 bits per heavy atom. The van der Waals surface area contributed by atoms with Crippen molar-refractivity contribution in [2.24, 2.45) is 4.99 Å².